The maximum Gasteiger partial charge on any atom is 0.311 e. The van der Waals surface area contributed by atoms with Crippen molar-refractivity contribution in [2.75, 3.05) is 40.0 Å². The summed E-state index contributed by atoms with van der Waals surface area (Å²) < 4.78 is 15.6. The molecule has 0 aliphatic carbocycles. The summed E-state index contributed by atoms with van der Waals surface area (Å²) in [6.07, 6.45) is 3.08. The first-order chi connectivity index (χ1) is 9.26. The van der Waals surface area contributed by atoms with E-state index in [-0.39, 0.29) is 17.8 Å². The second kappa shape index (κ2) is 6.68. The lowest BCUT2D eigenvalue weighted by molar-refractivity contribution is -0.148. The minimum absolute atomic E-state index is 0.0124. The Bertz CT molecular complexity index is 393. The van der Waals surface area contributed by atoms with Crippen molar-refractivity contribution in [3.8, 4) is 0 Å². The predicted octanol–water partition coefficient (Wildman–Crippen LogP) is 0.899. The highest BCUT2D eigenvalue weighted by Gasteiger charge is 2.40. The zero-order valence-electron chi connectivity index (χ0n) is 11.4. The van der Waals surface area contributed by atoms with Crippen LogP contribution in [0.4, 0.5) is 0 Å². The van der Waals surface area contributed by atoms with Crippen LogP contribution in [-0.4, -0.2) is 55.8 Å². The second-order valence-electron chi connectivity index (χ2n) is 4.62. The van der Waals surface area contributed by atoms with Crippen LogP contribution < -0.4 is 0 Å². The molecule has 19 heavy (non-hydrogen) atoms. The topological polar surface area (TPSA) is 64.8 Å². The molecule has 1 saturated heterocycles. The van der Waals surface area contributed by atoms with E-state index in [0.717, 1.165) is 18.8 Å². The Labute approximate surface area is 112 Å². The van der Waals surface area contributed by atoms with Crippen molar-refractivity contribution in [3.05, 3.63) is 18.4 Å². The third-order valence-electron chi connectivity index (χ3n) is 3.41. The van der Waals surface area contributed by atoms with Gasteiger partial charge in [0.15, 0.2) is 6.39 Å². The fraction of sp³-hybridized carbons (Fsp3) is 0.692. The van der Waals surface area contributed by atoms with Gasteiger partial charge in [-0.1, -0.05) is 0 Å². The summed E-state index contributed by atoms with van der Waals surface area (Å²) in [7, 11) is 1.67. The van der Waals surface area contributed by atoms with Gasteiger partial charge >= 0.3 is 5.97 Å². The number of hydrogen-bond donors (Lipinski definition) is 0. The van der Waals surface area contributed by atoms with Crippen LogP contribution in [-0.2, 0) is 14.3 Å². The summed E-state index contributed by atoms with van der Waals surface area (Å²) in [5, 5.41) is 0. The van der Waals surface area contributed by atoms with Gasteiger partial charge in [0.1, 0.15) is 5.76 Å². The smallest absolute Gasteiger partial charge is 0.311 e. The first-order valence-electron chi connectivity index (χ1n) is 6.52. The molecule has 1 aliphatic rings. The summed E-state index contributed by atoms with van der Waals surface area (Å²) in [6, 6.07) is 0. The van der Waals surface area contributed by atoms with Crippen molar-refractivity contribution in [3.63, 3.8) is 0 Å². The third kappa shape index (κ3) is 3.33. The summed E-state index contributed by atoms with van der Waals surface area (Å²) >= 11 is 0. The molecule has 0 N–H and O–H groups in total. The average Bonchev–Trinajstić information content (AvgIpc) is 3.05. The lowest BCUT2D eigenvalue weighted by atomic mass is 9.94. The molecule has 1 aromatic heterocycles. The van der Waals surface area contributed by atoms with Crippen LogP contribution in [0, 0.1) is 5.92 Å². The molecule has 0 aromatic carbocycles. The van der Waals surface area contributed by atoms with Crippen LogP contribution >= 0.6 is 0 Å². The molecule has 2 atom stereocenters. The first kappa shape index (κ1) is 14.0. The Kier molecular flexibility index (Phi) is 4.93. The van der Waals surface area contributed by atoms with E-state index in [9.17, 15) is 4.79 Å². The normalized spacial score (nSPS) is 23.7. The molecule has 1 aromatic rings. The molecular weight excluding hydrogens is 248 g/mol. The van der Waals surface area contributed by atoms with Crippen molar-refractivity contribution in [1.82, 2.24) is 9.88 Å². The quantitative estimate of drug-likeness (QED) is 0.714. The molecule has 1 aliphatic heterocycles. The van der Waals surface area contributed by atoms with Gasteiger partial charge in [-0.2, -0.15) is 0 Å². The SMILES string of the molecule is CCOC(=O)C1CN(CCOC)CC1c1cnco1. The zero-order chi connectivity index (χ0) is 13.7. The van der Waals surface area contributed by atoms with Crippen LogP contribution in [0.1, 0.15) is 18.6 Å². The summed E-state index contributed by atoms with van der Waals surface area (Å²) in [5.74, 6) is 0.407. The van der Waals surface area contributed by atoms with E-state index in [2.05, 4.69) is 9.88 Å². The number of nitrogens with zero attached hydrogens (tertiary/aromatic N) is 2. The Morgan fingerprint density at radius 1 is 1.58 bits per heavy atom. The largest absolute Gasteiger partial charge is 0.466 e. The van der Waals surface area contributed by atoms with Crippen LogP contribution in [0.15, 0.2) is 17.0 Å². The summed E-state index contributed by atoms with van der Waals surface area (Å²) in [6.45, 7) is 5.11. The zero-order valence-corrected chi connectivity index (χ0v) is 11.4. The molecular formula is C13H20N2O4. The molecule has 0 spiro atoms. The number of esters is 1. The molecule has 0 saturated carbocycles. The van der Waals surface area contributed by atoms with Crippen molar-refractivity contribution in [2.45, 2.75) is 12.8 Å². The van der Waals surface area contributed by atoms with Gasteiger partial charge in [0.2, 0.25) is 0 Å². The lowest BCUT2D eigenvalue weighted by Gasteiger charge is -2.14. The van der Waals surface area contributed by atoms with Crippen LogP contribution in [0.5, 0.6) is 0 Å². The minimum atomic E-state index is -0.190. The number of likely N-dealkylation sites (tertiary alicyclic amines) is 1. The van der Waals surface area contributed by atoms with Crippen molar-refractivity contribution >= 4 is 5.97 Å². The maximum atomic E-state index is 12.0. The number of aromatic nitrogens is 1. The summed E-state index contributed by atoms with van der Waals surface area (Å²) in [5.41, 5.74) is 0. The highest BCUT2D eigenvalue weighted by atomic mass is 16.5. The molecule has 6 nitrogen and oxygen atoms in total. The fourth-order valence-electron chi connectivity index (χ4n) is 2.47. The van der Waals surface area contributed by atoms with E-state index in [4.69, 9.17) is 13.9 Å². The van der Waals surface area contributed by atoms with E-state index in [0.29, 0.717) is 19.8 Å². The number of oxazole rings is 1. The van der Waals surface area contributed by atoms with E-state index < -0.39 is 0 Å². The van der Waals surface area contributed by atoms with Gasteiger partial charge in [0.25, 0.3) is 0 Å². The molecule has 0 radical (unpaired) electrons. The fourth-order valence-corrected chi connectivity index (χ4v) is 2.47. The molecule has 2 heterocycles. The van der Waals surface area contributed by atoms with E-state index in [1.54, 1.807) is 13.3 Å². The minimum Gasteiger partial charge on any atom is -0.466 e. The van der Waals surface area contributed by atoms with Gasteiger partial charge in [-0.05, 0) is 6.92 Å². The van der Waals surface area contributed by atoms with Crippen molar-refractivity contribution in [1.29, 1.82) is 0 Å². The number of methoxy groups -OCH3 is 1. The molecule has 2 rings (SSSR count). The standard InChI is InChI=1S/C13H20N2O4/c1-3-18-13(16)11-8-15(4-5-17-2)7-10(11)12-6-14-9-19-12/h6,9-11H,3-5,7-8H2,1-2H3. The number of ether oxygens (including phenoxy) is 2. The number of carbonyl (C=O) groups excluding carboxylic acids is 1. The van der Waals surface area contributed by atoms with E-state index in [1.165, 1.54) is 6.39 Å². The van der Waals surface area contributed by atoms with Gasteiger partial charge in [-0.15, -0.1) is 0 Å². The van der Waals surface area contributed by atoms with Gasteiger partial charge in [0.05, 0.1) is 25.3 Å². The lowest BCUT2D eigenvalue weighted by Crippen LogP contribution is -2.27. The van der Waals surface area contributed by atoms with Gasteiger partial charge in [-0.25, -0.2) is 4.98 Å². The number of carbonyl (C=O) groups is 1. The highest BCUT2D eigenvalue weighted by Crippen LogP contribution is 2.33. The summed E-state index contributed by atoms with van der Waals surface area (Å²) in [4.78, 5) is 18.2. The van der Waals surface area contributed by atoms with Gasteiger partial charge in [-0.3, -0.25) is 9.69 Å². The van der Waals surface area contributed by atoms with E-state index in [1.807, 2.05) is 6.92 Å². The number of hydrogen-bond acceptors (Lipinski definition) is 6. The van der Waals surface area contributed by atoms with Gasteiger partial charge < -0.3 is 13.9 Å². The first-order valence-corrected chi connectivity index (χ1v) is 6.52. The van der Waals surface area contributed by atoms with E-state index >= 15 is 0 Å². The Morgan fingerprint density at radius 2 is 2.42 bits per heavy atom. The molecule has 106 valence electrons. The Morgan fingerprint density at radius 3 is 3.05 bits per heavy atom. The van der Waals surface area contributed by atoms with Crippen molar-refractivity contribution < 1.29 is 18.7 Å². The Hall–Kier alpha value is -1.40. The molecule has 1 fully saturated rings. The predicted molar refractivity (Wildman–Crippen MR) is 67.7 cm³/mol. The van der Waals surface area contributed by atoms with Crippen molar-refractivity contribution in [2.24, 2.45) is 5.92 Å². The van der Waals surface area contributed by atoms with Gasteiger partial charge in [0, 0.05) is 32.7 Å². The maximum absolute atomic E-state index is 12.0. The molecule has 6 heteroatoms. The van der Waals surface area contributed by atoms with Crippen LogP contribution in [0.25, 0.3) is 0 Å². The van der Waals surface area contributed by atoms with Crippen LogP contribution in [0.2, 0.25) is 0 Å². The second-order valence-corrected chi connectivity index (χ2v) is 4.62. The Balaban J connectivity index is 2.06. The molecule has 0 amide bonds. The average molecular weight is 268 g/mol. The van der Waals surface area contributed by atoms with Crippen LogP contribution in [0.3, 0.4) is 0 Å². The number of rotatable bonds is 6. The third-order valence-corrected chi connectivity index (χ3v) is 3.41. The molecule has 0 bridgehead atoms. The monoisotopic (exact) mass is 268 g/mol. The molecule has 2 unspecified atom stereocenters. The highest BCUT2D eigenvalue weighted by molar-refractivity contribution is 5.74.